The molecule has 1 saturated heterocycles. The number of anilines is 2. The predicted molar refractivity (Wildman–Crippen MR) is 104 cm³/mol. The molecule has 0 saturated carbocycles. The molecule has 0 aliphatic carbocycles. The van der Waals surface area contributed by atoms with E-state index in [0.717, 1.165) is 39.5 Å². The van der Waals surface area contributed by atoms with E-state index in [9.17, 15) is 4.79 Å². The number of para-hydroxylation sites is 2. The number of benzene rings is 2. The number of hydrogen-bond acceptors (Lipinski definition) is 2. The molecule has 23 heavy (non-hydrogen) atoms. The summed E-state index contributed by atoms with van der Waals surface area (Å²) in [5.41, 5.74) is 2.74. The minimum absolute atomic E-state index is 0.0483. The van der Waals surface area contributed by atoms with Gasteiger partial charge in [-0.1, -0.05) is 31.2 Å². The first-order valence-corrected chi connectivity index (χ1v) is 9.13. The van der Waals surface area contributed by atoms with E-state index in [-0.39, 0.29) is 5.91 Å². The third-order valence-corrected chi connectivity index (χ3v) is 5.34. The Balaban J connectivity index is 1.81. The van der Waals surface area contributed by atoms with Gasteiger partial charge in [0.15, 0.2) is 0 Å². The molecule has 1 heterocycles. The highest BCUT2D eigenvalue weighted by Crippen LogP contribution is 2.30. The van der Waals surface area contributed by atoms with Crippen molar-refractivity contribution in [3.63, 3.8) is 0 Å². The minimum Gasteiger partial charge on any atom is -0.370 e. The quantitative estimate of drug-likeness (QED) is 0.725. The molecule has 0 unspecified atom stereocenters. The molecule has 1 aliphatic heterocycles. The fraction of sp³-hybridized carbons (Fsp3) is 0.316. The van der Waals surface area contributed by atoms with E-state index >= 15 is 0 Å². The Morgan fingerprint density at radius 3 is 2.48 bits per heavy atom. The van der Waals surface area contributed by atoms with Crippen molar-refractivity contribution in [1.82, 2.24) is 0 Å². The average molecular weight is 420 g/mol. The van der Waals surface area contributed by atoms with Crippen LogP contribution in [0.4, 0.5) is 11.4 Å². The summed E-state index contributed by atoms with van der Waals surface area (Å²) in [5, 5.41) is 3.09. The number of carbonyl (C=O) groups is 1. The van der Waals surface area contributed by atoms with Crippen molar-refractivity contribution in [1.29, 1.82) is 0 Å². The molecule has 2 aromatic carbocycles. The highest BCUT2D eigenvalue weighted by Gasteiger charge is 2.19. The smallest absolute Gasteiger partial charge is 0.256 e. The van der Waals surface area contributed by atoms with Gasteiger partial charge < -0.3 is 10.2 Å². The lowest BCUT2D eigenvalue weighted by molar-refractivity contribution is 0.102. The van der Waals surface area contributed by atoms with Gasteiger partial charge in [0.1, 0.15) is 0 Å². The van der Waals surface area contributed by atoms with E-state index in [4.69, 9.17) is 0 Å². The van der Waals surface area contributed by atoms with Crippen LogP contribution in [0.1, 0.15) is 30.1 Å². The van der Waals surface area contributed by atoms with E-state index in [0.29, 0.717) is 0 Å². The third-order valence-electron chi connectivity index (χ3n) is 4.40. The predicted octanol–water partition coefficient (Wildman–Crippen LogP) is 4.78. The SMILES string of the molecule is CC1CCN(c2ccccc2NC(=O)c2ccccc2I)CC1. The van der Waals surface area contributed by atoms with Crippen molar-refractivity contribution in [2.75, 3.05) is 23.3 Å². The number of carbonyl (C=O) groups excluding carboxylic acids is 1. The van der Waals surface area contributed by atoms with Crippen LogP contribution in [0, 0.1) is 9.49 Å². The van der Waals surface area contributed by atoms with Crippen LogP contribution >= 0.6 is 22.6 Å². The van der Waals surface area contributed by atoms with Gasteiger partial charge in [0.05, 0.1) is 16.9 Å². The van der Waals surface area contributed by atoms with E-state index in [1.54, 1.807) is 0 Å². The van der Waals surface area contributed by atoms with Gasteiger partial charge in [-0.15, -0.1) is 0 Å². The first kappa shape index (κ1) is 16.3. The van der Waals surface area contributed by atoms with Crippen LogP contribution in [0.3, 0.4) is 0 Å². The largest absolute Gasteiger partial charge is 0.370 e. The second-order valence-corrected chi connectivity index (χ2v) is 7.28. The number of amides is 1. The Labute approximate surface area is 151 Å². The standard InChI is InChI=1S/C19H21IN2O/c1-14-10-12-22(13-11-14)18-9-5-4-8-17(18)21-19(23)15-6-2-3-7-16(15)20/h2-9,14H,10-13H2,1H3,(H,21,23). The van der Waals surface area contributed by atoms with Gasteiger partial charge in [-0.2, -0.15) is 0 Å². The maximum absolute atomic E-state index is 12.6. The van der Waals surface area contributed by atoms with Crippen molar-refractivity contribution in [3.05, 3.63) is 57.7 Å². The van der Waals surface area contributed by atoms with Gasteiger partial charge in [0.25, 0.3) is 5.91 Å². The molecule has 3 rings (SSSR count). The molecular formula is C19H21IN2O. The molecule has 0 bridgehead atoms. The van der Waals surface area contributed by atoms with Gasteiger partial charge in [-0.3, -0.25) is 4.79 Å². The molecule has 0 spiro atoms. The van der Waals surface area contributed by atoms with Crippen LogP contribution in [0.5, 0.6) is 0 Å². The lowest BCUT2D eigenvalue weighted by Gasteiger charge is -2.33. The molecule has 1 N–H and O–H groups in total. The maximum Gasteiger partial charge on any atom is 0.256 e. The average Bonchev–Trinajstić information content (AvgIpc) is 2.56. The van der Waals surface area contributed by atoms with Crippen molar-refractivity contribution in [2.24, 2.45) is 5.92 Å². The Morgan fingerprint density at radius 1 is 1.09 bits per heavy atom. The lowest BCUT2D eigenvalue weighted by Crippen LogP contribution is -2.33. The fourth-order valence-corrected chi connectivity index (χ4v) is 3.57. The summed E-state index contributed by atoms with van der Waals surface area (Å²) in [6, 6.07) is 15.8. The van der Waals surface area contributed by atoms with Gasteiger partial charge in [-0.25, -0.2) is 0 Å². The zero-order chi connectivity index (χ0) is 16.2. The van der Waals surface area contributed by atoms with E-state index < -0.39 is 0 Å². The second kappa shape index (κ2) is 7.34. The summed E-state index contributed by atoms with van der Waals surface area (Å²) in [7, 11) is 0. The van der Waals surface area contributed by atoms with Crippen molar-refractivity contribution >= 4 is 39.9 Å². The summed E-state index contributed by atoms with van der Waals surface area (Å²) in [4.78, 5) is 15.0. The molecule has 0 radical (unpaired) electrons. The summed E-state index contributed by atoms with van der Waals surface area (Å²) in [5.74, 6) is 0.742. The molecule has 1 fully saturated rings. The number of nitrogens with zero attached hydrogens (tertiary/aromatic N) is 1. The topological polar surface area (TPSA) is 32.3 Å². The van der Waals surface area contributed by atoms with Gasteiger partial charge in [0.2, 0.25) is 0 Å². The van der Waals surface area contributed by atoms with Crippen LogP contribution in [0.15, 0.2) is 48.5 Å². The van der Waals surface area contributed by atoms with Gasteiger partial charge in [-0.05, 0) is 65.6 Å². The molecule has 0 atom stereocenters. The molecular weight excluding hydrogens is 399 g/mol. The van der Waals surface area contributed by atoms with Crippen LogP contribution in [-0.2, 0) is 0 Å². The number of piperidine rings is 1. The number of rotatable bonds is 3. The Kier molecular flexibility index (Phi) is 5.20. The molecule has 3 nitrogen and oxygen atoms in total. The number of nitrogens with one attached hydrogen (secondary N) is 1. The Hall–Kier alpha value is -1.56. The monoisotopic (exact) mass is 420 g/mol. The van der Waals surface area contributed by atoms with Gasteiger partial charge in [0, 0.05) is 16.7 Å². The van der Waals surface area contributed by atoms with E-state index in [1.807, 2.05) is 42.5 Å². The third kappa shape index (κ3) is 3.86. The molecule has 1 amide bonds. The second-order valence-electron chi connectivity index (χ2n) is 6.12. The Morgan fingerprint density at radius 2 is 1.74 bits per heavy atom. The van der Waals surface area contributed by atoms with Crippen LogP contribution in [0.25, 0.3) is 0 Å². The molecule has 120 valence electrons. The van der Waals surface area contributed by atoms with Gasteiger partial charge >= 0.3 is 0 Å². The van der Waals surface area contributed by atoms with Crippen molar-refractivity contribution in [2.45, 2.75) is 19.8 Å². The fourth-order valence-electron chi connectivity index (χ4n) is 2.94. The zero-order valence-electron chi connectivity index (χ0n) is 13.3. The summed E-state index contributed by atoms with van der Waals surface area (Å²) in [6.07, 6.45) is 2.41. The van der Waals surface area contributed by atoms with Crippen LogP contribution in [0.2, 0.25) is 0 Å². The van der Waals surface area contributed by atoms with E-state index in [2.05, 4.69) is 45.8 Å². The lowest BCUT2D eigenvalue weighted by atomic mass is 9.98. The first-order chi connectivity index (χ1) is 11.1. The Bertz CT molecular complexity index is 693. The van der Waals surface area contributed by atoms with Crippen LogP contribution in [-0.4, -0.2) is 19.0 Å². The highest BCUT2D eigenvalue weighted by atomic mass is 127. The summed E-state index contributed by atoms with van der Waals surface area (Å²) >= 11 is 2.20. The number of hydrogen-bond donors (Lipinski definition) is 1. The number of halogens is 1. The molecule has 2 aromatic rings. The summed E-state index contributed by atoms with van der Waals surface area (Å²) in [6.45, 7) is 4.41. The molecule has 1 aliphatic rings. The summed E-state index contributed by atoms with van der Waals surface area (Å²) < 4.78 is 0.965. The molecule has 0 aromatic heterocycles. The van der Waals surface area contributed by atoms with Crippen LogP contribution < -0.4 is 10.2 Å². The molecule has 4 heteroatoms. The van der Waals surface area contributed by atoms with E-state index in [1.165, 1.54) is 12.8 Å². The zero-order valence-corrected chi connectivity index (χ0v) is 15.4. The minimum atomic E-state index is -0.0483. The maximum atomic E-state index is 12.6. The van der Waals surface area contributed by atoms with Crippen molar-refractivity contribution in [3.8, 4) is 0 Å². The first-order valence-electron chi connectivity index (χ1n) is 8.05. The highest BCUT2D eigenvalue weighted by molar-refractivity contribution is 14.1. The van der Waals surface area contributed by atoms with Crippen molar-refractivity contribution < 1.29 is 4.79 Å². The normalized spacial score (nSPS) is 15.5.